The lowest BCUT2D eigenvalue weighted by Crippen LogP contribution is -2.07. The summed E-state index contributed by atoms with van der Waals surface area (Å²) < 4.78 is 6.66. The van der Waals surface area contributed by atoms with Crippen LogP contribution in [-0.2, 0) is 24.1 Å². The number of halogens is 1. The SMILES string of the molecule is COc1c(CCON)cc2c(c1Br)CCCCC2. The molecule has 0 radical (unpaired) electrons. The molecule has 1 aromatic carbocycles. The van der Waals surface area contributed by atoms with Crippen LogP contribution in [-0.4, -0.2) is 13.7 Å². The van der Waals surface area contributed by atoms with E-state index >= 15 is 0 Å². The maximum atomic E-state index is 5.54. The average Bonchev–Trinajstić information content (AvgIpc) is 2.62. The lowest BCUT2D eigenvalue weighted by molar-refractivity contribution is 0.140. The zero-order valence-electron chi connectivity index (χ0n) is 10.8. The number of rotatable bonds is 4. The molecule has 0 heterocycles. The first-order valence-corrected chi connectivity index (χ1v) is 7.26. The Kier molecular flexibility index (Phi) is 5.03. The minimum absolute atomic E-state index is 0.515. The van der Waals surface area contributed by atoms with E-state index in [1.165, 1.54) is 36.0 Å². The summed E-state index contributed by atoms with van der Waals surface area (Å²) in [4.78, 5) is 4.68. The molecule has 1 aliphatic carbocycles. The first-order chi connectivity index (χ1) is 8.77. The number of nitrogens with two attached hydrogens (primary N) is 1. The van der Waals surface area contributed by atoms with Crippen LogP contribution in [0.5, 0.6) is 5.75 Å². The van der Waals surface area contributed by atoms with E-state index in [4.69, 9.17) is 10.6 Å². The molecule has 0 bridgehead atoms. The van der Waals surface area contributed by atoms with Crippen molar-refractivity contribution in [2.45, 2.75) is 38.5 Å². The van der Waals surface area contributed by atoms with Gasteiger partial charge >= 0.3 is 0 Å². The summed E-state index contributed by atoms with van der Waals surface area (Å²) >= 11 is 3.71. The number of benzene rings is 1. The molecule has 2 N–H and O–H groups in total. The summed E-state index contributed by atoms with van der Waals surface area (Å²) in [6.07, 6.45) is 6.93. The normalized spacial score (nSPS) is 15.1. The Morgan fingerprint density at radius 2 is 2.06 bits per heavy atom. The fourth-order valence-corrected chi connectivity index (χ4v) is 3.51. The third kappa shape index (κ3) is 2.87. The van der Waals surface area contributed by atoms with Gasteiger partial charge in [-0.15, -0.1) is 0 Å². The minimum Gasteiger partial charge on any atom is -0.495 e. The monoisotopic (exact) mass is 313 g/mol. The van der Waals surface area contributed by atoms with E-state index in [9.17, 15) is 0 Å². The van der Waals surface area contributed by atoms with Crippen LogP contribution in [0.25, 0.3) is 0 Å². The van der Waals surface area contributed by atoms with Gasteiger partial charge in [0, 0.05) is 6.42 Å². The minimum atomic E-state index is 0.515. The van der Waals surface area contributed by atoms with Gasteiger partial charge in [-0.05, 0) is 58.3 Å². The Balaban J connectivity index is 2.41. The van der Waals surface area contributed by atoms with Crippen LogP contribution in [0.15, 0.2) is 10.5 Å². The zero-order chi connectivity index (χ0) is 13.0. The highest BCUT2D eigenvalue weighted by molar-refractivity contribution is 9.10. The topological polar surface area (TPSA) is 44.5 Å². The van der Waals surface area contributed by atoms with Crippen molar-refractivity contribution in [2.24, 2.45) is 5.90 Å². The second-order valence-corrected chi connectivity index (χ2v) is 5.50. The summed E-state index contributed by atoms with van der Waals surface area (Å²) in [7, 11) is 1.72. The summed E-state index contributed by atoms with van der Waals surface area (Å²) in [5, 5.41) is 0. The van der Waals surface area contributed by atoms with Crippen LogP contribution in [0.3, 0.4) is 0 Å². The van der Waals surface area contributed by atoms with Crippen molar-refractivity contribution in [2.75, 3.05) is 13.7 Å². The van der Waals surface area contributed by atoms with Crippen molar-refractivity contribution >= 4 is 15.9 Å². The Labute approximate surface area is 117 Å². The van der Waals surface area contributed by atoms with E-state index in [2.05, 4.69) is 26.8 Å². The van der Waals surface area contributed by atoms with Crippen LogP contribution in [0.4, 0.5) is 0 Å². The summed E-state index contributed by atoms with van der Waals surface area (Å²) in [5.74, 6) is 6.05. The van der Waals surface area contributed by atoms with E-state index in [1.807, 2.05) is 0 Å². The van der Waals surface area contributed by atoms with Gasteiger partial charge in [0.1, 0.15) is 5.75 Å². The third-order valence-electron chi connectivity index (χ3n) is 3.56. The van der Waals surface area contributed by atoms with E-state index < -0.39 is 0 Å². The van der Waals surface area contributed by atoms with Crippen molar-refractivity contribution in [1.82, 2.24) is 0 Å². The highest BCUT2D eigenvalue weighted by atomic mass is 79.9. The smallest absolute Gasteiger partial charge is 0.136 e. The highest BCUT2D eigenvalue weighted by Crippen LogP contribution is 2.38. The molecule has 0 spiro atoms. The number of fused-ring (bicyclic) bond motifs is 1. The molecule has 3 nitrogen and oxygen atoms in total. The lowest BCUT2D eigenvalue weighted by Gasteiger charge is -2.17. The van der Waals surface area contributed by atoms with Crippen LogP contribution >= 0.6 is 15.9 Å². The molecule has 0 saturated heterocycles. The second kappa shape index (κ2) is 6.55. The third-order valence-corrected chi connectivity index (χ3v) is 4.40. The fourth-order valence-electron chi connectivity index (χ4n) is 2.64. The Morgan fingerprint density at radius 1 is 1.28 bits per heavy atom. The maximum Gasteiger partial charge on any atom is 0.136 e. The molecule has 1 aliphatic rings. The van der Waals surface area contributed by atoms with Crippen LogP contribution in [0.1, 0.15) is 36.0 Å². The van der Waals surface area contributed by atoms with Gasteiger partial charge in [0.05, 0.1) is 18.2 Å². The highest BCUT2D eigenvalue weighted by Gasteiger charge is 2.18. The summed E-state index contributed by atoms with van der Waals surface area (Å²) in [6, 6.07) is 2.27. The van der Waals surface area contributed by atoms with Gasteiger partial charge in [-0.3, -0.25) is 0 Å². The Morgan fingerprint density at radius 3 is 2.78 bits per heavy atom. The van der Waals surface area contributed by atoms with Gasteiger partial charge in [-0.2, -0.15) is 0 Å². The second-order valence-electron chi connectivity index (χ2n) is 4.70. The van der Waals surface area contributed by atoms with E-state index in [-0.39, 0.29) is 0 Å². The zero-order valence-corrected chi connectivity index (χ0v) is 12.4. The van der Waals surface area contributed by atoms with Crippen LogP contribution in [0, 0.1) is 0 Å². The molecular weight excluding hydrogens is 294 g/mol. The van der Waals surface area contributed by atoms with Crippen molar-refractivity contribution in [1.29, 1.82) is 0 Å². The number of hydrogen-bond donors (Lipinski definition) is 1. The first kappa shape index (κ1) is 13.8. The molecule has 100 valence electrons. The molecule has 1 aromatic rings. The number of methoxy groups -OCH3 is 1. The van der Waals surface area contributed by atoms with Crippen LogP contribution < -0.4 is 10.6 Å². The van der Waals surface area contributed by atoms with Gasteiger partial charge in [0.2, 0.25) is 0 Å². The molecule has 0 atom stereocenters. The first-order valence-electron chi connectivity index (χ1n) is 6.46. The maximum absolute atomic E-state index is 5.54. The molecular formula is C14H20BrNO2. The lowest BCUT2D eigenvalue weighted by atomic mass is 9.98. The van der Waals surface area contributed by atoms with Crippen molar-refractivity contribution < 1.29 is 9.57 Å². The standard InChI is InChI=1S/C14H20BrNO2/c1-17-14-11(7-8-18-16)9-10-5-3-2-4-6-12(10)13(14)15/h9H,2-8,16H2,1H3. The number of hydrogen-bond acceptors (Lipinski definition) is 3. The summed E-state index contributed by atoms with van der Waals surface area (Å²) in [5.41, 5.74) is 4.05. The molecule has 0 saturated carbocycles. The Hall–Kier alpha value is -0.580. The van der Waals surface area contributed by atoms with Gasteiger partial charge in [-0.1, -0.05) is 12.5 Å². The quantitative estimate of drug-likeness (QED) is 0.686. The van der Waals surface area contributed by atoms with Crippen molar-refractivity contribution in [3.8, 4) is 5.75 Å². The molecule has 2 rings (SSSR count). The van der Waals surface area contributed by atoms with Gasteiger partial charge in [0.25, 0.3) is 0 Å². The van der Waals surface area contributed by atoms with E-state index in [0.717, 1.165) is 29.5 Å². The Bertz CT molecular complexity index is 421. The molecule has 0 unspecified atom stereocenters. The average molecular weight is 314 g/mol. The van der Waals surface area contributed by atoms with Crippen molar-refractivity contribution in [3.63, 3.8) is 0 Å². The van der Waals surface area contributed by atoms with Crippen molar-refractivity contribution in [3.05, 3.63) is 27.2 Å². The summed E-state index contributed by atoms with van der Waals surface area (Å²) in [6.45, 7) is 0.515. The molecule has 0 fully saturated rings. The van der Waals surface area contributed by atoms with E-state index in [0.29, 0.717) is 6.61 Å². The van der Waals surface area contributed by atoms with E-state index in [1.54, 1.807) is 7.11 Å². The molecule has 0 aliphatic heterocycles. The predicted molar refractivity (Wildman–Crippen MR) is 75.8 cm³/mol. The largest absolute Gasteiger partial charge is 0.495 e. The number of ether oxygens (including phenoxy) is 1. The van der Waals surface area contributed by atoms with Gasteiger partial charge in [0.15, 0.2) is 0 Å². The fraction of sp³-hybridized carbons (Fsp3) is 0.571. The molecule has 18 heavy (non-hydrogen) atoms. The van der Waals surface area contributed by atoms with Gasteiger partial charge in [-0.25, -0.2) is 5.90 Å². The molecule has 0 amide bonds. The van der Waals surface area contributed by atoms with Gasteiger partial charge < -0.3 is 9.57 Å². The molecule has 0 aromatic heterocycles. The predicted octanol–water partition coefficient (Wildman–Crippen LogP) is 3.16. The molecule has 4 heteroatoms. The number of aryl methyl sites for hydroxylation is 1. The van der Waals surface area contributed by atoms with Crippen LogP contribution in [0.2, 0.25) is 0 Å².